The van der Waals surface area contributed by atoms with E-state index in [2.05, 4.69) is 86.8 Å². The molecule has 0 aromatic carbocycles. The van der Waals surface area contributed by atoms with Gasteiger partial charge < -0.3 is 24.6 Å². The van der Waals surface area contributed by atoms with E-state index < -0.39 is 39.2 Å². The van der Waals surface area contributed by atoms with Gasteiger partial charge >= 0.3 is 13.8 Å². The Morgan fingerprint density at radius 2 is 1.02 bits per heavy atom. The summed E-state index contributed by atoms with van der Waals surface area (Å²) in [5, 5.41) is 18.3. The van der Waals surface area contributed by atoms with Crippen LogP contribution in [0.2, 0.25) is 0 Å². The molecule has 0 aromatic heterocycles. The van der Waals surface area contributed by atoms with E-state index in [1.807, 2.05) is 0 Å². The van der Waals surface area contributed by atoms with Gasteiger partial charge in [-0.15, -0.1) is 0 Å². The predicted octanol–water partition coefficient (Wildman–Crippen LogP) is 12.1. The standard InChI is InChI=1S/C46H81O9P/c1-3-5-7-9-11-13-15-17-18-19-20-21-22-23-24-25-26-27-28-30-32-34-36-38-46(49)55-45(43-54-56(50,51)53-41-44(48)40-47)42-52-39-37-35-33-31-29-16-14-12-10-8-6-4-2/h5,7,11,13,17-18,20-21,23-24,26-27,44-45,47-48H,3-4,6,8-10,12,14-16,19,22,25,28-43H2,1-2H3,(H,50,51)/b7-5-,13-11-,18-17-,21-20-,24-23-,27-26-. The predicted molar refractivity (Wildman–Crippen MR) is 233 cm³/mol. The Balaban J connectivity index is 4.22. The molecule has 0 spiro atoms. The Hall–Kier alpha value is -2.10. The second kappa shape index (κ2) is 42.5. The number of allylic oxidation sites excluding steroid dienone is 12. The largest absolute Gasteiger partial charge is 0.472 e. The summed E-state index contributed by atoms with van der Waals surface area (Å²) in [4.78, 5) is 22.6. The molecular formula is C46H81O9P. The number of carbonyl (C=O) groups is 1. The molecule has 10 heteroatoms. The molecule has 0 amide bonds. The molecule has 3 N–H and O–H groups in total. The Kier molecular flexibility index (Phi) is 40.9. The lowest BCUT2D eigenvalue weighted by atomic mass is 10.1. The minimum absolute atomic E-state index is 0.0367. The number of aliphatic hydroxyl groups excluding tert-OH is 2. The highest BCUT2D eigenvalue weighted by Crippen LogP contribution is 2.43. The Morgan fingerprint density at radius 3 is 1.54 bits per heavy atom. The molecule has 0 heterocycles. The van der Waals surface area contributed by atoms with E-state index in [9.17, 15) is 19.4 Å². The van der Waals surface area contributed by atoms with Crippen LogP contribution in [0.4, 0.5) is 0 Å². The topological polar surface area (TPSA) is 132 Å². The molecule has 0 aliphatic rings. The van der Waals surface area contributed by atoms with Crippen LogP contribution in [0.15, 0.2) is 72.9 Å². The average molecular weight is 809 g/mol. The van der Waals surface area contributed by atoms with Crippen molar-refractivity contribution in [3.05, 3.63) is 72.9 Å². The molecule has 0 aromatic rings. The molecule has 324 valence electrons. The van der Waals surface area contributed by atoms with Crippen LogP contribution in [0.3, 0.4) is 0 Å². The van der Waals surface area contributed by atoms with Crippen LogP contribution in [0.5, 0.6) is 0 Å². The zero-order valence-corrected chi connectivity index (χ0v) is 36.2. The molecule has 9 nitrogen and oxygen atoms in total. The van der Waals surface area contributed by atoms with Gasteiger partial charge in [-0.3, -0.25) is 13.8 Å². The minimum atomic E-state index is -4.53. The van der Waals surface area contributed by atoms with E-state index in [0.29, 0.717) is 13.0 Å². The highest BCUT2D eigenvalue weighted by molar-refractivity contribution is 7.47. The number of phosphoric acid groups is 1. The molecule has 56 heavy (non-hydrogen) atoms. The van der Waals surface area contributed by atoms with Crippen molar-refractivity contribution in [1.29, 1.82) is 0 Å². The summed E-state index contributed by atoms with van der Waals surface area (Å²) < 4.78 is 33.3. The third-order valence-electron chi connectivity index (χ3n) is 8.91. The van der Waals surface area contributed by atoms with E-state index in [1.165, 1.54) is 57.8 Å². The molecular weight excluding hydrogens is 727 g/mol. The first-order chi connectivity index (χ1) is 27.3. The maximum atomic E-state index is 12.6. The van der Waals surface area contributed by atoms with E-state index in [4.69, 9.17) is 23.6 Å². The highest BCUT2D eigenvalue weighted by Gasteiger charge is 2.26. The number of hydrogen-bond donors (Lipinski definition) is 3. The second-order valence-electron chi connectivity index (χ2n) is 14.3. The van der Waals surface area contributed by atoms with Gasteiger partial charge in [-0.2, -0.15) is 0 Å². The van der Waals surface area contributed by atoms with Crippen molar-refractivity contribution in [1.82, 2.24) is 0 Å². The van der Waals surface area contributed by atoms with Crippen molar-refractivity contribution in [3.63, 3.8) is 0 Å². The van der Waals surface area contributed by atoms with Crippen LogP contribution >= 0.6 is 7.82 Å². The molecule has 0 saturated carbocycles. The number of esters is 1. The summed E-state index contributed by atoms with van der Waals surface area (Å²) in [7, 11) is -4.53. The smallest absolute Gasteiger partial charge is 0.457 e. The number of aliphatic hydroxyl groups is 2. The summed E-state index contributed by atoms with van der Waals surface area (Å²) in [6.07, 6.45) is 50.0. The SMILES string of the molecule is CC/C=C\C/C=C\C/C=C\C/C=C\C/C=C\C/C=C\CCCCCCC(=O)OC(COCCCCCCCCCCCCCC)COP(=O)(O)OCC(O)CO. The highest BCUT2D eigenvalue weighted by atomic mass is 31.2. The molecule has 0 bridgehead atoms. The van der Waals surface area contributed by atoms with Crippen molar-refractivity contribution in [2.45, 2.75) is 180 Å². The van der Waals surface area contributed by atoms with Crippen LogP contribution in [-0.2, 0) is 27.9 Å². The first-order valence-electron chi connectivity index (χ1n) is 21.9. The van der Waals surface area contributed by atoms with Gasteiger partial charge in [0.2, 0.25) is 0 Å². The molecule has 3 atom stereocenters. The van der Waals surface area contributed by atoms with Gasteiger partial charge in [0.05, 0.1) is 26.4 Å². The molecule has 0 fully saturated rings. The molecule has 0 aliphatic heterocycles. The Morgan fingerprint density at radius 1 is 0.571 bits per heavy atom. The summed E-state index contributed by atoms with van der Waals surface area (Å²) >= 11 is 0. The number of carbonyl (C=O) groups excluding carboxylic acids is 1. The van der Waals surface area contributed by atoms with Gasteiger partial charge in [-0.25, -0.2) is 4.57 Å². The van der Waals surface area contributed by atoms with Gasteiger partial charge in [0.1, 0.15) is 12.2 Å². The van der Waals surface area contributed by atoms with Gasteiger partial charge in [-0.05, 0) is 64.2 Å². The maximum Gasteiger partial charge on any atom is 0.472 e. The fourth-order valence-electron chi connectivity index (χ4n) is 5.59. The maximum absolute atomic E-state index is 12.6. The molecule has 0 rings (SSSR count). The average Bonchev–Trinajstić information content (AvgIpc) is 3.19. The van der Waals surface area contributed by atoms with Gasteiger partial charge in [-0.1, -0.05) is 170 Å². The first kappa shape index (κ1) is 53.9. The van der Waals surface area contributed by atoms with Gasteiger partial charge in [0.15, 0.2) is 0 Å². The number of ether oxygens (including phenoxy) is 2. The third-order valence-corrected chi connectivity index (χ3v) is 9.86. The van der Waals surface area contributed by atoms with Crippen LogP contribution < -0.4 is 0 Å². The molecule has 3 unspecified atom stereocenters. The van der Waals surface area contributed by atoms with Crippen LogP contribution in [0.25, 0.3) is 0 Å². The zero-order valence-electron chi connectivity index (χ0n) is 35.3. The van der Waals surface area contributed by atoms with Crippen LogP contribution in [0.1, 0.15) is 168 Å². The molecule has 0 saturated heterocycles. The van der Waals surface area contributed by atoms with E-state index in [-0.39, 0.29) is 19.6 Å². The summed E-state index contributed by atoms with van der Waals surface area (Å²) in [5.74, 6) is -0.408. The van der Waals surface area contributed by atoms with E-state index in [1.54, 1.807) is 0 Å². The Bertz CT molecular complexity index is 1100. The number of phosphoric ester groups is 1. The first-order valence-corrected chi connectivity index (χ1v) is 23.4. The van der Waals surface area contributed by atoms with Gasteiger partial charge in [0.25, 0.3) is 0 Å². The fourth-order valence-corrected chi connectivity index (χ4v) is 6.38. The quantitative estimate of drug-likeness (QED) is 0.0239. The second-order valence-corrected chi connectivity index (χ2v) is 15.8. The van der Waals surface area contributed by atoms with Crippen molar-refractivity contribution in [3.8, 4) is 0 Å². The van der Waals surface area contributed by atoms with Crippen molar-refractivity contribution in [2.75, 3.05) is 33.0 Å². The fraction of sp³-hybridized carbons (Fsp3) is 0.717. The summed E-state index contributed by atoms with van der Waals surface area (Å²) in [6, 6.07) is 0. The summed E-state index contributed by atoms with van der Waals surface area (Å²) in [6.45, 7) is 3.36. The monoisotopic (exact) mass is 809 g/mol. The number of unbranched alkanes of at least 4 members (excludes halogenated alkanes) is 15. The van der Waals surface area contributed by atoms with E-state index >= 15 is 0 Å². The van der Waals surface area contributed by atoms with Gasteiger partial charge in [0, 0.05) is 13.0 Å². The summed E-state index contributed by atoms with van der Waals surface area (Å²) in [5.41, 5.74) is 0. The van der Waals surface area contributed by atoms with Crippen molar-refractivity contribution < 1.29 is 43.0 Å². The van der Waals surface area contributed by atoms with Crippen LogP contribution in [-0.4, -0.2) is 66.3 Å². The normalized spacial score (nSPS) is 14.7. The lowest BCUT2D eigenvalue weighted by Gasteiger charge is -2.20. The molecule has 0 radical (unpaired) electrons. The lowest BCUT2D eigenvalue weighted by Crippen LogP contribution is -2.29. The Labute approximate surface area is 342 Å². The third kappa shape index (κ3) is 41.5. The number of rotatable bonds is 41. The minimum Gasteiger partial charge on any atom is -0.457 e. The van der Waals surface area contributed by atoms with E-state index in [0.717, 1.165) is 83.5 Å². The van der Waals surface area contributed by atoms with Crippen molar-refractivity contribution >= 4 is 13.8 Å². The lowest BCUT2D eigenvalue weighted by molar-refractivity contribution is -0.154. The van der Waals surface area contributed by atoms with Crippen molar-refractivity contribution in [2.24, 2.45) is 0 Å². The molecule has 0 aliphatic carbocycles. The zero-order chi connectivity index (χ0) is 41.1. The number of hydrogen-bond acceptors (Lipinski definition) is 8. The van der Waals surface area contributed by atoms with Crippen LogP contribution in [0, 0.1) is 0 Å².